The maximum absolute atomic E-state index is 12.2. The lowest BCUT2D eigenvalue weighted by molar-refractivity contribution is 0.102. The Morgan fingerprint density at radius 1 is 1.09 bits per heavy atom. The molecule has 0 aromatic heterocycles. The van der Waals surface area contributed by atoms with E-state index in [4.69, 9.17) is 0 Å². The van der Waals surface area contributed by atoms with Gasteiger partial charge >= 0.3 is 0 Å². The molecule has 2 rings (SSSR count). The summed E-state index contributed by atoms with van der Waals surface area (Å²) in [5, 5.41) is 6.04. The van der Waals surface area contributed by atoms with Crippen molar-refractivity contribution in [3.63, 3.8) is 0 Å². The molecule has 0 aliphatic heterocycles. The third kappa shape index (κ3) is 4.86. The summed E-state index contributed by atoms with van der Waals surface area (Å²) in [4.78, 5) is 12.2. The minimum atomic E-state index is -0.0769. The minimum absolute atomic E-state index is 0. The SMILES string of the molecule is CNCc1cccc(NC(=O)c2ccc(C(C)C)cc2)c1.Cl. The van der Waals surface area contributed by atoms with Crippen molar-refractivity contribution in [2.24, 2.45) is 0 Å². The summed E-state index contributed by atoms with van der Waals surface area (Å²) >= 11 is 0. The standard InChI is InChI=1S/C18H22N2O.ClH/c1-13(2)15-7-9-16(10-8-15)18(21)20-17-6-4-5-14(11-17)12-19-3;/h4-11,13,19H,12H2,1-3H3,(H,20,21);1H. The normalized spacial score (nSPS) is 10.2. The van der Waals surface area contributed by atoms with Crippen molar-refractivity contribution in [3.8, 4) is 0 Å². The predicted octanol–water partition coefficient (Wildman–Crippen LogP) is 4.20. The van der Waals surface area contributed by atoms with Gasteiger partial charge in [-0.05, 0) is 48.4 Å². The van der Waals surface area contributed by atoms with E-state index in [1.165, 1.54) is 5.56 Å². The zero-order chi connectivity index (χ0) is 15.2. The highest BCUT2D eigenvalue weighted by Crippen LogP contribution is 2.16. The lowest BCUT2D eigenvalue weighted by Gasteiger charge is -2.09. The number of rotatable bonds is 5. The predicted molar refractivity (Wildman–Crippen MR) is 94.9 cm³/mol. The Hall–Kier alpha value is -1.84. The molecule has 0 atom stereocenters. The Kier molecular flexibility index (Phi) is 7.09. The van der Waals surface area contributed by atoms with Crippen LogP contribution < -0.4 is 10.6 Å². The van der Waals surface area contributed by atoms with Crippen LogP contribution in [-0.4, -0.2) is 13.0 Å². The van der Waals surface area contributed by atoms with Crippen molar-refractivity contribution in [1.82, 2.24) is 5.32 Å². The van der Waals surface area contributed by atoms with Crippen molar-refractivity contribution in [3.05, 3.63) is 65.2 Å². The van der Waals surface area contributed by atoms with Crippen molar-refractivity contribution in [1.29, 1.82) is 0 Å². The highest BCUT2D eigenvalue weighted by atomic mass is 35.5. The molecule has 3 nitrogen and oxygen atoms in total. The summed E-state index contributed by atoms with van der Waals surface area (Å²) in [5.74, 6) is 0.396. The summed E-state index contributed by atoms with van der Waals surface area (Å²) in [6, 6.07) is 15.6. The van der Waals surface area contributed by atoms with Crippen LogP contribution >= 0.6 is 12.4 Å². The number of benzene rings is 2. The second-order valence-corrected chi connectivity index (χ2v) is 5.46. The molecule has 0 fully saturated rings. The zero-order valence-corrected chi connectivity index (χ0v) is 14.0. The van der Waals surface area contributed by atoms with Gasteiger partial charge in [-0.3, -0.25) is 4.79 Å². The van der Waals surface area contributed by atoms with Crippen LogP contribution in [0.2, 0.25) is 0 Å². The third-order valence-corrected chi connectivity index (χ3v) is 3.41. The molecule has 0 spiro atoms. The van der Waals surface area contributed by atoms with E-state index in [0.717, 1.165) is 17.8 Å². The number of amides is 1. The smallest absolute Gasteiger partial charge is 0.255 e. The van der Waals surface area contributed by atoms with E-state index < -0.39 is 0 Å². The average Bonchev–Trinajstić information content (AvgIpc) is 2.48. The fourth-order valence-corrected chi connectivity index (χ4v) is 2.19. The molecule has 0 bridgehead atoms. The van der Waals surface area contributed by atoms with Gasteiger partial charge in [0.15, 0.2) is 0 Å². The van der Waals surface area contributed by atoms with Crippen molar-refractivity contribution < 1.29 is 4.79 Å². The van der Waals surface area contributed by atoms with Gasteiger partial charge < -0.3 is 10.6 Å². The van der Waals surface area contributed by atoms with Crippen LogP contribution in [0.5, 0.6) is 0 Å². The first-order valence-electron chi connectivity index (χ1n) is 7.25. The van der Waals surface area contributed by atoms with E-state index in [-0.39, 0.29) is 18.3 Å². The van der Waals surface area contributed by atoms with Crippen molar-refractivity contribution in [2.75, 3.05) is 12.4 Å². The van der Waals surface area contributed by atoms with E-state index in [9.17, 15) is 4.79 Å². The maximum atomic E-state index is 12.2. The molecule has 0 aliphatic rings. The first kappa shape index (κ1) is 18.2. The molecule has 22 heavy (non-hydrogen) atoms. The topological polar surface area (TPSA) is 41.1 Å². The van der Waals surface area contributed by atoms with Gasteiger partial charge in [0.05, 0.1) is 0 Å². The second-order valence-electron chi connectivity index (χ2n) is 5.46. The van der Waals surface area contributed by atoms with E-state index in [1.807, 2.05) is 55.6 Å². The van der Waals surface area contributed by atoms with E-state index in [0.29, 0.717) is 11.5 Å². The molecule has 118 valence electrons. The van der Waals surface area contributed by atoms with Crippen LogP contribution in [0.1, 0.15) is 41.3 Å². The van der Waals surface area contributed by atoms with Gasteiger partial charge in [-0.2, -0.15) is 0 Å². The summed E-state index contributed by atoms with van der Waals surface area (Å²) < 4.78 is 0. The molecule has 2 aromatic rings. The molecule has 2 N–H and O–H groups in total. The van der Waals surface area contributed by atoms with Crippen LogP contribution in [0.25, 0.3) is 0 Å². The van der Waals surface area contributed by atoms with Crippen molar-refractivity contribution in [2.45, 2.75) is 26.3 Å². The van der Waals surface area contributed by atoms with Gasteiger partial charge in [0.25, 0.3) is 5.91 Å². The molecule has 4 heteroatoms. The zero-order valence-electron chi connectivity index (χ0n) is 13.2. The molecule has 1 amide bonds. The van der Waals surface area contributed by atoms with Crippen LogP contribution in [-0.2, 0) is 6.54 Å². The van der Waals surface area contributed by atoms with Crippen LogP contribution in [0.15, 0.2) is 48.5 Å². The molecule has 0 heterocycles. The Balaban J connectivity index is 0.00000242. The number of hydrogen-bond acceptors (Lipinski definition) is 2. The van der Waals surface area contributed by atoms with Gasteiger partial charge in [0.2, 0.25) is 0 Å². The number of hydrogen-bond donors (Lipinski definition) is 2. The number of carbonyl (C=O) groups excluding carboxylic acids is 1. The second kappa shape index (κ2) is 8.57. The molecule has 0 unspecified atom stereocenters. The Morgan fingerprint density at radius 2 is 1.77 bits per heavy atom. The van der Waals surface area contributed by atoms with E-state index in [1.54, 1.807) is 0 Å². The van der Waals surface area contributed by atoms with Crippen LogP contribution in [0, 0.1) is 0 Å². The largest absolute Gasteiger partial charge is 0.322 e. The summed E-state index contributed by atoms with van der Waals surface area (Å²) in [6.45, 7) is 5.07. The van der Waals surface area contributed by atoms with E-state index in [2.05, 4.69) is 24.5 Å². The van der Waals surface area contributed by atoms with Gasteiger partial charge in [-0.25, -0.2) is 0 Å². The lowest BCUT2D eigenvalue weighted by Crippen LogP contribution is -2.12. The first-order valence-corrected chi connectivity index (χ1v) is 7.25. The van der Waals surface area contributed by atoms with Crippen molar-refractivity contribution >= 4 is 24.0 Å². The Labute approximate surface area is 138 Å². The highest BCUT2D eigenvalue weighted by Gasteiger charge is 2.07. The monoisotopic (exact) mass is 318 g/mol. The molecule has 2 aromatic carbocycles. The first-order chi connectivity index (χ1) is 10.1. The van der Waals surface area contributed by atoms with E-state index >= 15 is 0 Å². The minimum Gasteiger partial charge on any atom is -0.322 e. The summed E-state index contributed by atoms with van der Waals surface area (Å²) in [5.41, 5.74) is 3.88. The van der Waals surface area contributed by atoms with Gasteiger partial charge in [0.1, 0.15) is 0 Å². The fraction of sp³-hybridized carbons (Fsp3) is 0.278. The van der Waals surface area contributed by atoms with Crippen LogP contribution in [0.3, 0.4) is 0 Å². The Morgan fingerprint density at radius 3 is 2.36 bits per heavy atom. The van der Waals surface area contributed by atoms with Gasteiger partial charge in [-0.1, -0.05) is 38.1 Å². The maximum Gasteiger partial charge on any atom is 0.255 e. The third-order valence-electron chi connectivity index (χ3n) is 3.41. The molecule has 0 saturated heterocycles. The van der Waals surface area contributed by atoms with Gasteiger partial charge in [0, 0.05) is 17.8 Å². The molecule has 0 radical (unpaired) electrons. The summed E-state index contributed by atoms with van der Waals surface area (Å²) in [6.07, 6.45) is 0. The highest BCUT2D eigenvalue weighted by molar-refractivity contribution is 6.04. The summed E-state index contributed by atoms with van der Waals surface area (Å²) in [7, 11) is 1.90. The quantitative estimate of drug-likeness (QED) is 0.867. The van der Waals surface area contributed by atoms with Crippen LogP contribution in [0.4, 0.5) is 5.69 Å². The molecule has 0 aliphatic carbocycles. The number of halogens is 1. The lowest BCUT2D eigenvalue weighted by atomic mass is 10.0. The van der Waals surface area contributed by atoms with Gasteiger partial charge in [-0.15, -0.1) is 12.4 Å². The number of nitrogens with one attached hydrogen (secondary N) is 2. The fourth-order valence-electron chi connectivity index (χ4n) is 2.19. The molecular formula is C18H23ClN2O. The Bertz CT molecular complexity index is 609. The molecule has 0 saturated carbocycles. The number of anilines is 1. The average molecular weight is 319 g/mol. The number of carbonyl (C=O) groups is 1. The molecular weight excluding hydrogens is 296 g/mol.